The van der Waals surface area contributed by atoms with Crippen molar-refractivity contribution in [2.45, 2.75) is 38.2 Å². The zero-order valence-electron chi connectivity index (χ0n) is 12.2. The van der Waals surface area contributed by atoms with E-state index in [4.69, 9.17) is 5.26 Å². The molecule has 0 saturated carbocycles. The summed E-state index contributed by atoms with van der Waals surface area (Å²) in [5.74, 6) is 0. The number of hydrogen-bond donors (Lipinski definition) is 1. The van der Waals surface area contributed by atoms with Crippen molar-refractivity contribution < 1.29 is 13.5 Å². The van der Waals surface area contributed by atoms with Crippen molar-refractivity contribution in [3.8, 4) is 6.07 Å². The molecule has 20 heavy (non-hydrogen) atoms. The van der Waals surface area contributed by atoms with Gasteiger partial charge in [0.15, 0.2) is 0 Å². The van der Waals surface area contributed by atoms with Crippen molar-refractivity contribution in [3.63, 3.8) is 0 Å². The maximum absolute atomic E-state index is 12.6. The maximum Gasteiger partial charge on any atom is 0.243 e. The van der Waals surface area contributed by atoms with Crippen LogP contribution in [-0.2, 0) is 10.0 Å². The second kappa shape index (κ2) is 5.92. The lowest BCUT2D eigenvalue weighted by molar-refractivity contribution is 0.0601. The summed E-state index contributed by atoms with van der Waals surface area (Å²) in [6.07, 6.45) is 0. The van der Waals surface area contributed by atoms with Gasteiger partial charge in [-0.05, 0) is 44.5 Å². The number of benzene rings is 1. The van der Waals surface area contributed by atoms with E-state index >= 15 is 0 Å². The summed E-state index contributed by atoms with van der Waals surface area (Å²) in [6.45, 7) is 6.80. The molecule has 0 aliphatic rings. The molecule has 0 heterocycles. The quantitative estimate of drug-likeness (QED) is 0.895. The van der Waals surface area contributed by atoms with Gasteiger partial charge in [0.05, 0.1) is 22.1 Å². The van der Waals surface area contributed by atoms with Gasteiger partial charge in [0.1, 0.15) is 0 Å². The number of nitriles is 1. The summed E-state index contributed by atoms with van der Waals surface area (Å²) in [5, 5.41) is 18.7. The fourth-order valence-corrected chi connectivity index (χ4v) is 3.76. The van der Waals surface area contributed by atoms with E-state index in [1.807, 2.05) is 6.07 Å². The van der Waals surface area contributed by atoms with Gasteiger partial charge in [-0.15, -0.1) is 0 Å². The van der Waals surface area contributed by atoms with Gasteiger partial charge in [-0.3, -0.25) is 0 Å². The summed E-state index contributed by atoms with van der Waals surface area (Å²) in [6, 6.07) is 6.45. The zero-order valence-corrected chi connectivity index (χ0v) is 13.0. The topological polar surface area (TPSA) is 81.4 Å². The molecule has 0 atom stereocenters. The van der Waals surface area contributed by atoms with Crippen LogP contribution in [0.25, 0.3) is 0 Å². The summed E-state index contributed by atoms with van der Waals surface area (Å²) in [4.78, 5) is 0.169. The van der Waals surface area contributed by atoms with Crippen LogP contribution in [0.15, 0.2) is 23.1 Å². The van der Waals surface area contributed by atoms with Crippen LogP contribution in [0.5, 0.6) is 0 Å². The van der Waals surface area contributed by atoms with Gasteiger partial charge in [-0.25, -0.2) is 8.42 Å². The Morgan fingerprint density at radius 1 is 1.40 bits per heavy atom. The second-order valence-electron chi connectivity index (χ2n) is 5.34. The normalized spacial score (nSPS) is 12.4. The summed E-state index contributed by atoms with van der Waals surface area (Å²) < 4.78 is 26.4. The fraction of sp³-hybridized carbons (Fsp3) is 0.500. The third kappa shape index (κ3) is 3.79. The molecule has 0 spiro atoms. The number of aryl methyl sites for hydroxylation is 1. The molecule has 0 aliphatic heterocycles. The number of sulfonamides is 1. The van der Waals surface area contributed by atoms with Crippen molar-refractivity contribution in [2.24, 2.45) is 0 Å². The van der Waals surface area contributed by atoms with Crippen LogP contribution in [0.2, 0.25) is 0 Å². The predicted octanol–water partition coefficient (Wildman–Crippen LogP) is 1.65. The predicted molar refractivity (Wildman–Crippen MR) is 76.6 cm³/mol. The van der Waals surface area contributed by atoms with E-state index in [0.717, 1.165) is 0 Å². The Kier molecular flexibility index (Phi) is 4.92. The lowest BCUT2D eigenvalue weighted by atomic mass is 10.1. The van der Waals surface area contributed by atoms with E-state index in [9.17, 15) is 13.5 Å². The summed E-state index contributed by atoms with van der Waals surface area (Å²) in [5.41, 5.74) is -0.158. The molecule has 0 aliphatic carbocycles. The van der Waals surface area contributed by atoms with Crippen LogP contribution in [-0.4, -0.2) is 36.5 Å². The number of hydrogen-bond acceptors (Lipinski definition) is 4. The molecule has 6 heteroatoms. The SMILES string of the molecule is CCN(CC(C)(C)O)S(=O)(=O)c1ccc(C#N)cc1C. The number of nitrogens with zero attached hydrogens (tertiary/aromatic N) is 2. The minimum Gasteiger partial charge on any atom is -0.389 e. The van der Waals surface area contributed by atoms with Crippen LogP contribution >= 0.6 is 0 Å². The molecule has 1 rings (SSSR count). The highest BCUT2D eigenvalue weighted by Crippen LogP contribution is 2.22. The van der Waals surface area contributed by atoms with Gasteiger partial charge in [0, 0.05) is 13.1 Å². The van der Waals surface area contributed by atoms with Crippen molar-refractivity contribution in [3.05, 3.63) is 29.3 Å². The van der Waals surface area contributed by atoms with Crippen molar-refractivity contribution in [2.75, 3.05) is 13.1 Å². The van der Waals surface area contributed by atoms with Crippen molar-refractivity contribution >= 4 is 10.0 Å². The molecule has 0 aromatic heterocycles. The highest BCUT2D eigenvalue weighted by molar-refractivity contribution is 7.89. The van der Waals surface area contributed by atoms with Gasteiger partial charge in [-0.2, -0.15) is 9.57 Å². The first-order valence-electron chi connectivity index (χ1n) is 6.35. The van der Waals surface area contributed by atoms with Crippen LogP contribution in [0, 0.1) is 18.3 Å². The Bertz CT molecular complexity index is 625. The lowest BCUT2D eigenvalue weighted by Crippen LogP contribution is -2.42. The molecular weight excluding hydrogens is 276 g/mol. The van der Waals surface area contributed by atoms with Crippen LogP contribution < -0.4 is 0 Å². The molecule has 5 nitrogen and oxygen atoms in total. The van der Waals surface area contributed by atoms with Gasteiger partial charge < -0.3 is 5.11 Å². The van der Waals surface area contributed by atoms with Gasteiger partial charge in [-0.1, -0.05) is 6.92 Å². The third-order valence-electron chi connectivity index (χ3n) is 2.84. The minimum atomic E-state index is -3.68. The highest BCUT2D eigenvalue weighted by Gasteiger charge is 2.29. The molecule has 0 fully saturated rings. The Morgan fingerprint density at radius 3 is 2.40 bits per heavy atom. The molecule has 1 aromatic rings. The summed E-state index contributed by atoms with van der Waals surface area (Å²) in [7, 11) is -3.68. The van der Waals surface area contributed by atoms with E-state index < -0.39 is 15.6 Å². The summed E-state index contributed by atoms with van der Waals surface area (Å²) >= 11 is 0. The largest absolute Gasteiger partial charge is 0.389 e. The zero-order chi connectivity index (χ0) is 15.6. The Balaban J connectivity index is 3.25. The van der Waals surface area contributed by atoms with E-state index in [1.165, 1.54) is 16.4 Å². The molecule has 0 radical (unpaired) electrons. The Morgan fingerprint density at radius 2 is 2.00 bits per heavy atom. The first-order chi connectivity index (χ1) is 9.11. The second-order valence-corrected chi connectivity index (χ2v) is 7.24. The van der Waals surface area contributed by atoms with Crippen molar-refractivity contribution in [1.29, 1.82) is 5.26 Å². The number of aliphatic hydroxyl groups is 1. The van der Waals surface area contributed by atoms with Gasteiger partial charge >= 0.3 is 0 Å². The average Bonchev–Trinajstić information content (AvgIpc) is 2.34. The molecule has 0 bridgehead atoms. The van der Waals surface area contributed by atoms with E-state index in [0.29, 0.717) is 11.1 Å². The molecular formula is C14H20N2O3S. The molecule has 1 aromatic carbocycles. The minimum absolute atomic E-state index is 0.0191. The maximum atomic E-state index is 12.6. The smallest absolute Gasteiger partial charge is 0.243 e. The molecule has 1 N–H and O–H groups in total. The Labute approximate surface area is 120 Å². The molecule has 0 saturated heterocycles. The first-order valence-corrected chi connectivity index (χ1v) is 7.79. The monoisotopic (exact) mass is 296 g/mol. The average molecular weight is 296 g/mol. The van der Waals surface area contributed by atoms with Gasteiger partial charge in [0.25, 0.3) is 0 Å². The Hall–Kier alpha value is -1.42. The third-order valence-corrected chi connectivity index (χ3v) is 4.92. The van der Waals surface area contributed by atoms with Crippen LogP contribution in [0.3, 0.4) is 0 Å². The van der Waals surface area contributed by atoms with Gasteiger partial charge in [0.2, 0.25) is 10.0 Å². The first kappa shape index (κ1) is 16.6. The standard InChI is InChI=1S/C14H20N2O3S/c1-5-16(10-14(3,4)17)20(18,19)13-7-6-12(9-15)8-11(13)2/h6-8,17H,5,10H2,1-4H3. The number of likely N-dealkylation sites (N-methyl/N-ethyl adjacent to an activating group) is 1. The van der Waals surface area contributed by atoms with E-state index in [-0.39, 0.29) is 18.0 Å². The molecule has 110 valence electrons. The van der Waals surface area contributed by atoms with E-state index in [2.05, 4.69) is 0 Å². The fourth-order valence-electron chi connectivity index (χ4n) is 1.95. The lowest BCUT2D eigenvalue weighted by Gasteiger charge is -2.27. The van der Waals surface area contributed by atoms with Crippen LogP contribution in [0.1, 0.15) is 31.9 Å². The van der Waals surface area contributed by atoms with E-state index in [1.54, 1.807) is 33.8 Å². The molecule has 0 unspecified atom stereocenters. The van der Waals surface area contributed by atoms with Crippen LogP contribution in [0.4, 0.5) is 0 Å². The molecule has 0 amide bonds. The highest BCUT2D eigenvalue weighted by atomic mass is 32.2. The van der Waals surface area contributed by atoms with Crippen molar-refractivity contribution in [1.82, 2.24) is 4.31 Å². The number of rotatable bonds is 5.